The molecule has 1 aromatic heterocycles. The molecule has 0 bridgehead atoms. The molecule has 1 aliphatic heterocycles. The van der Waals surface area contributed by atoms with E-state index in [1.165, 1.54) is 0 Å². The van der Waals surface area contributed by atoms with E-state index < -0.39 is 0 Å². The number of nitrogens with zero attached hydrogens (tertiary/aromatic N) is 2. The zero-order valence-electron chi connectivity index (χ0n) is 16.3. The SMILES string of the molecule is COCCCn1cc(Cl)c2ccc(CN(C(=O)[C@H]3CNCCO3)C3CC3)cc21. The smallest absolute Gasteiger partial charge is 0.253 e. The van der Waals surface area contributed by atoms with Gasteiger partial charge in [-0.1, -0.05) is 23.7 Å². The van der Waals surface area contributed by atoms with Gasteiger partial charge in [-0.15, -0.1) is 0 Å². The highest BCUT2D eigenvalue weighted by Crippen LogP contribution is 2.31. The topological polar surface area (TPSA) is 55.7 Å². The van der Waals surface area contributed by atoms with Gasteiger partial charge in [-0.2, -0.15) is 0 Å². The largest absolute Gasteiger partial charge is 0.385 e. The Morgan fingerprint density at radius 1 is 1.43 bits per heavy atom. The Morgan fingerprint density at radius 3 is 3.00 bits per heavy atom. The fourth-order valence-electron chi connectivity index (χ4n) is 3.83. The van der Waals surface area contributed by atoms with E-state index in [1.807, 2.05) is 11.1 Å². The fourth-order valence-corrected chi connectivity index (χ4v) is 4.11. The van der Waals surface area contributed by atoms with E-state index in [2.05, 4.69) is 28.1 Å². The van der Waals surface area contributed by atoms with E-state index in [-0.39, 0.29) is 12.0 Å². The van der Waals surface area contributed by atoms with Crippen molar-refractivity contribution < 1.29 is 14.3 Å². The van der Waals surface area contributed by atoms with Gasteiger partial charge in [0.2, 0.25) is 0 Å². The van der Waals surface area contributed by atoms with Crippen LogP contribution >= 0.6 is 11.6 Å². The molecule has 1 aromatic carbocycles. The Hall–Kier alpha value is -1.60. The summed E-state index contributed by atoms with van der Waals surface area (Å²) in [4.78, 5) is 15.0. The second kappa shape index (κ2) is 8.82. The molecule has 0 radical (unpaired) electrons. The summed E-state index contributed by atoms with van der Waals surface area (Å²) in [6, 6.07) is 6.65. The highest BCUT2D eigenvalue weighted by atomic mass is 35.5. The lowest BCUT2D eigenvalue weighted by molar-refractivity contribution is -0.146. The van der Waals surface area contributed by atoms with Crippen LogP contribution < -0.4 is 5.32 Å². The molecule has 1 saturated heterocycles. The molecule has 4 rings (SSSR count). The molecule has 2 aromatic rings. The summed E-state index contributed by atoms with van der Waals surface area (Å²) in [6.45, 7) is 4.18. The molecule has 2 heterocycles. The molecule has 1 saturated carbocycles. The van der Waals surface area contributed by atoms with Crippen LogP contribution in [0.1, 0.15) is 24.8 Å². The molecule has 0 spiro atoms. The second-order valence-corrected chi connectivity index (χ2v) is 8.04. The number of ether oxygens (including phenoxy) is 2. The highest BCUT2D eigenvalue weighted by Gasteiger charge is 2.36. The summed E-state index contributed by atoms with van der Waals surface area (Å²) in [6.07, 6.45) is 4.70. The maximum atomic E-state index is 13.0. The summed E-state index contributed by atoms with van der Waals surface area (Å²) >= 11 is 6.42. The monoisotopic (exact) mass is 405 g/mol. The van der Waals surface area contributed by atoms with E-state index in [4.69, 9.17) is 21.1 Å². The summed E-state index contributed by atoms with van der Waals surface area (Å²) in [7, 11) is 1.72. The van der Waals surface area contributed by atoms with E-state index in [9.17, 15) is 4.79 Å². The normalized spacial score (nSPS) is 19.9. The number of benzene rings is 1. The lowest BCUT2D eigenvalue weighted by Crippen LogP contribution is -2.49. The summed E-state index contributed by atoms with van der Waals surface area (Å²) in [5, 5.41) is 5.06. The van der Waals surface area contributed by atoms with Gasteiger partial charge < -0.3 is 24.3 Å². The van der Waals surface area contributed by atoms with Crippen molar-refractivity contribution >= 4 is 28.4 Å². The predicted octanol–water partition coefficient (Wildman–Crippen LogP) is 2.81. The molecule has 1 N–H and O–H groups in total. The molecular formula is C21H28ClN3O3. The number of aromatic nitrogens is 1. The van der Waals surface area contributed by atoms with Crippen molar-refractivity contribution in [2.24, 2.45) is 0 Å². The zero-order chi connectivity index (χ0) is 19.5. The maximum absolute atomic E-state index is 13.0. The van der Waals surface area contributed by atoms with Crippen LogP contribution in [0.2, 0.25) is 5.02 Å². The first kappa shape index (κ1) is 19.7. The molecule has 152 valence electrons. The van der Waals surface area contributed by atoms with Crippen LogP contribution in [0.4, 0.5) is 0 Å². The Balaban J connectivity index is 1.53. The molecular weight excluding hydrogens is 378 g/mol. The minimum atomic E-state index is -0.370. The van der Waals surface area contributed by atoms with Gasteiger partial charge in [0, 0.05) is 63.0 Å². The average molecular weight is 406 g/mol. The number of hydrogen-bond acceptors (Lipinski definition) is 4. The Kier molecular flexibility index (Phi) is 6.21. The third-order valence-corrected chi connectivity index (χ3v) is 5.77. The molecule has 6 nitrogen and oxygen atoms in total. The van der Waals surface area contributed by atoms with E-state index >= 15 is 0 Å². The van der Waals surface area contributed by atoms with E-state index in [0.717, 1.165) is 60.4 Å². The van der Waals surface area contributed by atoms with E-state index in [0.29, 0.717) is 25.7 Å². The Morgan fingerprint density at radius 2 is 2.29 bits per heavy atom. The Bertz CT molecular complexity index is 828. The number of rotatable bonds is 8. The zero-order valence-corrected chi connectivity index (χ0v) is 17.1. The number of morpholine rings is 1. The van der Waals surface area contributed by atoms with Gasteiger partial charge in [-0.3, -0.25) is 4.79 Å². The average Bonchev–Trinajstić information content (AvgIpc) is 3.52. The number of fused-ring (bicyclic) bond motifs is 1. The molecule has 2 aliphatic rings. The van der Waals surface area contributed by atoms with Crippen LogP contribution in [0, 0.1) is 0 Å². The van der Waals surface area contributed by atoms with Crippen LogP contribution in [0.5, 0.6) is 0 Å². The number of carbonyl (C=O) groups excluding carboxylic acids is 1. The van der Waals surface area contributed by atoms with Crippen molar-refractivity contribution in [2.75, 3.05) is 33.4 Å². The number of amides is 1. The van der Waals surface area contributed by atoms with Gasteiger partial charge in [-0.25, -0.2) is 0 Å². The lowest BCUT2D eigenvalue weighted by Gasteiger charge is -2.30. The van der Waals surface area contributed by atoms with E-state index in [1.54, 1.807) is 7.11 Å². The van der Waals surface area contributed by atoms with Gasteiger partial charge in [0.05, 0.1) is 11.6 Å². The van der Waals surface area contributed by atoms with Gasteiger partial charge in [-0.05, 0) is 30.9 Å². The number of carbonyl (C=O) groups is 1. The molecule has 2 fully saturated rings. The third-order valence-electron chi connectivity index (χ3n) is 5.47. The van der Waals surface area contributed by atoms with Crippen LogP contribution in [0.15, 0.2) is 24.4 Å². The molecule has 0 unspecified atom stereocenters. The minimum Gasteiger partial charge on any atom is -0.385 e. The van der Waals surface area contributed by atoms with Gasteiger partial charge in [0.25, 0.3) is 5.91 Å². The van der Waals surface area contributed by atoms with Gasteiger partial charge >= 0.3 is 0 Å². The van der Waals surface area contributed by atoms with Crippen molar-refractivity contribution in [2.45, 2.75) is 44.5 Å². The first-order valence-corrected chi connectivity index (χ1v) is 10.4. The quantitative estimate of drug-likeness (QED) is 0.686. The van der Waals surface area contributed by atoms with Crippen molar-refractivity contribution in [3.05, 3.63) is 35.0 Å². The van der Waals surface area contributed by atoms with Crippen LogP contribution in [0.3, 0.4) is 0 Å². The third kappa shape index (κ3) is 4.35. The molecule has 7 heteroatoms. The van der Waals surface area contributed by atoms with Crippen molar-refractivity contribution in [1.82, 2.24) is 14.8 Å². The summed E-state index contributed by atoms with van der Waals surface area (Å²) in [5.41, 5.74) is 2.23. The Labute approximate surface area is 170 Å². The summed E-state index contributed by atoms with van der Waals surface area (Å²) in [5.74, 6) is 0.100. The summed E-state index contributed by atoms with van der Waals surface area (Å²) < 4.78 is 13.0. The van der Waals surface area contributed by atoms with Gasteiger partial charge in [0.15, 0.2) is 0 Å². The number of nitrogens with one attached hydrogen (secondary N) is 1. The second-order valence-electron chi connectivity index (χ2n) is 7.63. The highest BCUT2D eigenvalue weighted by molar-refractivity contribution is 6.35. The number of methoxy groups -OCH3 is 1. The molecule has 1 amide bonds. The van der Waals surface area contributed by atoms with Crippen LogP contribution in [-0.2, 0) is 27.4 Å². The minimum absolute atomic E-state index is 0.100. The maximum Gasteiger partial charge on any atom is 0.253 e. The predicted molar refractivity (Wildman–Crippen MR) is 110 cm³/mol. The molecule has 28 heavy (non-hydrogen) atoms. The van der Waals surface area contributed by atoms with Crippen molar-refractivity contribution in [3.63, 3.8) is 0 Å². The molecule has 1 aliphatic carbocycles. The van der Waals surface area contributed by atoms with Crippen molar-refractivity contribution in [1.29, 1.82) is 0 Å². The van der Waals surface area contributed by atoms with Crippen LogP contribution in [0.25, 0.3) is 10.9 Å². The van der Waals surface area contributed by atoms with Crippen LogP contribution in [-0.4, -0.2) is 60.9 Å². The number of halogens is 1. The first-order valence-electron chi connectivity index (χ1n) is 10.1. The number of hydrogen-bond donors (Lipinski definition) is 1. The standard InChI is InChI=1S/C21H28ClN3O3/c1-27-9-2-8-24-14-18(22)17-6-3-15(11-19(17)24)13-25(16-4-5-16)21(26)20-12-23-7-10-28-20/h3,6,11,14,16,20,23H,2,4-5,7-10,12-13H2,1H3/t20-/m1/s1. The number of aryl methyl sites for hydroxylation is 1. The lowest BCUT2D eigenvalue weighted by atomic mass is 10.1. The van der Waals surface area contributed by atoms with Gasteiger partial charge in [0.1, 0.15) is 6.10 Å². The molecule has 1 atom stereocenters. The first-order chi connectivity index (χ1) is 13.7. The van der Waals surface area contributed by atoms with Crippen molar-refractivity contribution in [3.8, 4) is 0 Å². The fraction of sp³-hybridized carbons (Fsp3) is 0.571.